The molecule has 1 unspecified atom stereocenters. The van der Waals surface area contributed by atoms with Crippen LogP contribution in [0.2, 0.25) is 0 Å². The number of unbranched alkanes of at least 4 members (excludes halogenated alkanes) is 3. The molecule has 0 spiro atoms. The molecular weight excluding hydrogens is 204 g/mol. The molecule has 0 aromatic heterocycles. The van der Waals surface area contributed by atoms with E-state index in [-0.39, 0.29) is 11.9 Å². The summed E-state index contributed by atoms with van der Waals surface area (Å²) in [7, 11) is 1.64. The number of nitrogens with one attached hydrogen (secondary N) is 1. The smallest absolute Gasteiger partial charge is 0.220 e. The molecular formula is C12H26N2O2. The van der Waals surface area contributed by atoms with Gasteiger partial charge in [-0.15, -0.1) is 0 Å². The quantitative estimate of drug-likeness (QED) is 0.558. The summed E-state index contributed by atoms with van der Waals surface area (Å²) in [5.41, 5.74) is 5.47. The first-order valence-corrected chi connectivity index (χ1v) is 6.23. The Hall–Kier alpha value is -0.610. The zero-order valence-electron chi connectivity index (χ0n) is 10.6. The van der Waals surface area contributed by atoms with Gasteiger partial charge in [-0.25, -0.2) is 0 Å². The van der Waals surface area contributed by atoms with Gasteiger partial charge in [-0.1, -0.05) is 26.2 Å². The second-order valence-electron chi connectivity index (χ2n) is 4.11. The normalized spacial score (nSPS) is 12.4. The van der Waals surface area contributed by atoms with Crippen molar-refractivity contribution < 1.29 is 9.53 Å². The van der Waals surface area contributed by atoms with E-state index in [1.54, 1.807) is 7.11 Å². The van der Waals surface area contributed by atoms with Gasteiger partial charge in [-0.3, -0.25) is 4.79 Å². The van der Waals surface area contributed by atoms with E-state index in [4.69, 9.17) is 10.5 Å². The Morgan fingerprint density at radius 1 is 1.38 bits per heavy atom. The molecule has 0 fully saturated rings. The average Bonchev–Trinajstić information content (AvgIpc) is 2.25. The van der Waals surface area contributed by atoms with Gasteiger partial charge in [0.05, 0.1) is 12.6 Å². The van der Waals surface area contributed by atoms with Crippen molar-refractivity contribution >= 4 is 5.91 Å². The van der Waals surface area contributed by atoms with Gasteiger partial charge in [0.1, 0.15) is 0 Å². The van der Waals surface area contributed by atoms with Crippen molar-refractivity contribution in [2.75, 3.05) is 20.3 Å². The summed E-state index contributed by atoms with van der Waals surface area (Å²) in [4.78, 5) is 11.6. The standard InChI is InChI=1S/C12H26N2O2/c1-3-4-5-6-7-12(15)14-11(8-9-13)10-16-2/h11H,3-10,13H2,1-2H3,(H,14,15). The molecule has 0 aliphatic carbocycles. The van der Waals surface area contributed by atoms with Crippen molar-refractivity contribution in [1.29, 1.82) is 0 Å². The first-order chi connectivity index (χ1) is 7.74. The predicted octanol–water partition coefficient (Wildman–Crippen LogP) is 1.44. The van der Waals surface area contributed by atoms with E-state index in [0.29, 0.717) is 19.6 Å². The number of nitrogens with two attached hydrogens (primary N) is 1. The number of ether oxygens (including phenoxy) is 1. The van der Waals surface area contributed by atoms with Gasteiger partial charge < -0.3 is 15.8 Å². The molecule has 0 saturated heterocycles. The van der Waals surface area contributed by atoms with Crippen LogP contribution >= 0.6 is 0 Å². The summed E-state index contributed by atoms with van der Waals surface area (Å²) in [5, 5.41) is 2.95. The largest absolute Gasteiger partial charge is 0.383 e. The van der Waals surface area contributed by atoms with Crippen LogP contribution in [-0.4, -0.2) is 32.2 Å². The van der Waals surface area contributed by atoms with E-state index in [1.165, 1.54) is 12.8 Å². The van der Waals surface area contributed by atoms with Crippen molar-refractivity contribution in [2.45, 2.75) is 51.5 Å². The lowest BCUT2D eigenvalue weighted by Gasteiger charge is -2.16. The van der Waals surface area contributed by atoms with Crippen LogP contribution in [0.3, 0.4) is 0 Å². The summed E-state index contributed by atoms with van der Waals surface area (Å²) >= 11 is 0. The SMILES string of the molecule is CCCCCCC(=O)NC(CCN)COC. The summed E-state index contributed by atoms with van der Waals surface area (Å²) in [6, 6.07) is 0.0636. The minimum Gasteiger partial charge on any atom is -0.383 e. The molecule has 1 amide bonds. The third kappa shape index (κ3) is 8.68. The minimum absolute atomic E-state index is 0.0636. The number of hydrogen-bond acceptors (Lipinski definition) is 3. The van der Waals surface area contributed by atoms with Gasteiger partial charge in [-0.05, 0) is 19.4 Å². The molecule has 16 heavy (non-hydrogen) atoms. The highest BCUT2D eigenvalue weighted by Gasteiger charge is 2.10. The molecule has 4 heteroatoms. The summed E-state index contributed by atoms with van der Waals surface area (Å²) < 4.78 is 5.03. The molecule has 0 radical (unpaired) electrons. The molecule has 0 aromatic rings. The number of carbonyl (C=O) groups excluding carboxylic acids is 1. The fourth-order valence-electron chi connectivity index (χ4n) is 1.61. The Morgan fingerprint density at radius 2 is 2.12 bits per heavy atom. The molecule has 4 nitrogen and oxygen atoms in total. The van der Waals surface area contributed by atoms with Crippen LogP contribution in [-0.2, 0) is 9.53 Å². The van der Waals surface area contributed by atoms with Crippen LogP contribution in [0.5, 0.6) is 0 Å². The second kappa shape index (κ2) is 10.9. The van der Waals surface area contributed by atoms with E-state index < -0.39 is 0 Å². The number of carbonyl (C=O) groups is 1. The molecule has 0 bridgehead atoms. The molecule has 96 valence electrons. The summed E-state index contributed by atoms with van der Waals surface area (Å²) in [6.07, 6.45) is 5.90. The van der Waals surface area contributed by atoms with Crippen molar-refractivity contribution in [3.63, 3.8) is 0 Å². The predicted molar refractivity (Wildman–Crippen MR) is 66.2 cm³/mol. The van der Waals surface area contributed by atoms with Gasteiger partial charge in [0.2, 0.25) is 5.91 Å². The minimum atomic E-state index is 0.0636. The zero-order valence-corrected chi connectivity index (χ0v) is 10.6. The van der Waals surface area contributed by atoms with Gasteiger partial charge in [0.15, 0.2) is 0 Å². The maximum atomic E-state index is 11.6. The van der Waals surface area contributed by atoms with Gasteiger partial charge in [0.25, 0.3) is 0 Å². The monoisotopic (exact) mass is 230 g/mol. The molecule has 1 atom stereocenters. The lowest BCUT2D eigenvalue weighted by atomic mass is 10.1. The molecule has 0 aromatic carbocycles. The summed E-state index contributed by atoms with van der Waals surface area (Å²) in [6.45, 7) is 3.28. The Balaban J connectivity index is 3.63. The van der Waals surface area contributed by atoms with Crippen LogP contribution in [0.15, 0.2) is 0 Å². The second-order valence-corrected chi connectivity index (χ2v) is 4.11. The van der Waals surface area contributed by atoms with E-state index in [0.717, 1.165) is 19.3 Å². The number of hydrogen-bond donors (Lipinski definition) is 2. The van der Waals surface area contributed by atoms with Gasteiger partial charge in [0, 0.05) is 13.5 Å². The maximum Gasteiger partial charge on any atom is 0.220 e. The van der Waals surface area contributed by atoms with Crippen molar-refractivity contribution in [1.82, 2.24) is 5.32 Å². The van der Waals surface area contributed by atoms with Crippen LogP contribution < -0.4 is 11.1 Å². The fourth-order valence-corrected chi connectivity index (χ4v) is 1.61. The molecule has 0 heterocycles. The highest BCUT2D eigenvalue weighted by atomic mass is 16.5. The molecule has 3 N–H and O–H groups in total. The topological polar surface area (TPSA) is 64.4 Å². The van der Waals surface area contributed by atoms with Crippen molar-refractivity contribution in [3.8, 4) is 0 Å². The first kappa shape index (κ1) is 15.4. The average molecular weight is 230 g/mol. The van der Waals surface area contributed by atoms with Gasteiger partial charge in [-0.2, -0.15) is 0 Å². The number of rotatable bonds is 10. The Bertz CT molecular complexity index is 168. The molecule has 0 rings (SSSR count). The Kier molecular flexibility index (Phi) is 10.5. The van der Waals surface area contributed by atoms with Gasteiger partial charge >= 0.3 is 0 Å². The van der Waals surface area contributed by atoms with Crippen LogP contribution in [0.4, 0.5) is 0 Å². The summed E-state index contributed by atoms with van der Waals surface area (Å²) in [5.74, 6) is 0.117. The van der Waals surface area contributed by atoms with Crippen LogP contribution in [0.25, 0.3) is 0 Å². The first-order valence-electron chi connectivity index (χ1n) is 6.23. The lowest BCUT2D eigenvalue weighted by molar-refractivity contribution is -0.122. The lowest BCUT2D eigenvalue weighted by Crippen LogP contribution is -2.39. The van der Waals surface area contributed by atoms with Crippen molar-refractivity contribution in [2.24, 2.45) is 5.73 Å². The number of amides is 1. The Morgan fingerprint density at radius 3 is 2.69 bits per heavy atom. The molecule has 0 aliphatic heterocycles. The molecule has 0 aliphatic rings. The van der Waals surface area contributed by atoms with Crippen LogP contribution in [0.1, 0.15) is 45.4 Å². The van der Waals surface area contributed by atoms with E-state index in [2.05, 4.69) is 12.2 Å². The maximum absolute atomic E-state index is 11.6. The third-order valence-electron chi connectivity index (χ3n) is 2.51. The van der Waals surface area contributed by atoms with Crippen LogP contribution in [0, 0.1) is 0 Å². The van der Waals surface area contributed by atoms with Crippen molar-refractivity contribution in [3.05, 3.63) is 0 Å². The third-order valence-corrected chi connectivity index (χ3v) is 2.51. The number of methoxy groups -OCH3 is 1. The molecule has 0 saturated carbocycles. The van der Waals surface area contributed by atoms with E-state index in [1.807, 2.05) is 0 Å². The zero-order chi connectivity index (χ0) is 12.2. The fraction of sp³-hybridized carbons (Fsp3) is 0.917. The highest BCUT2D eigenvalue weighted by molar-refractivity contribution is 5.76. The Labute approximate surface area is 98.9 Å². The highest BCUT2D eigenvalue weighted by Crippen LogP contribution is 2.02. The van der Waals surface area contributed by atoms with E-state index >= 15 is 0 Å². The van der Waals surface area contributed by atoms with E-state index in [9.17, 15) is 4.79 Å².